The molecule has 1 aliphatic heterocycles. The average Bonchev–Trinajstić information content (AvgIpc) is 2.81. The van der Waals surface area contributed by atoms with Crippen molar-refractivity contribution in [3.63, 3.8) is 0 Å². The molecule has 0 bridgehead atoms. The van der Waals surface area contributed by atoms with E-state index in [0.717, 1.165) is 26.0 Å². The van der Waals surface area contributed by atoms with Crippen molar-refractivity contribution in [1.29, 1.82) is 0 Å². The van der Waals surface area contributed by atoms with Crippen molar-refractivity contribution < 1.29 is 4.79 Å². The van der Waals surface area contributed by atoms with Crippen LogP contribution in [0.5, 0.6) is 0 Å². The van der Waals surface area contributed by atoms with Gasteiger partial charge >= 0.3 is 0 Å². The van der Waals surface area contributed by atoms with Crippen LogP contribution in [0.3, 0.4) is 0 Å². The minimum atomic E-state index is 0.160. The van der Waals surface area contributed by atoms with Gasteiger partial charge in [0, 0.05) is 17.3 Å². The summed E-state index contributed by atoms with van der Waals surface area (Å²) in [5.41, 5.74) is 3.31. The van der Waals surface area contributed by atoms with E-state index in [1.807, 2.05) is 12.1 Å². The fraction of sp³-hybridized carbons (Fsp3) is 0.312. The molecular weight excluding hydrogens is 414 g/mol. The maximum atomic E-state index is 12.6. The van der Waals surface area contributed by atoms with Crippen LogP contribution in [0.2, 0.25) is 0 Å². The third kappa shape index (κ3) is 3.10. The van der Waals surface area contributed by atoms with Crippen molar-refractivity contribution in [1.82, 2.24) is 0 Å². The predicted octanol–water partition coefficient (Wildman–Crippen LogP) is 5.30. The summed E-state index contributed by atoms with van der Waals surface area (Å²) in [5, 5.41) is 0. The van der Waals surface area contributed by atoms with E-state index in [1.54, 1.807) is 0 Å². The molecule has 110 valence electrons. The quantitative estimate of drug-likeness (QED) is 0.618. The van der Waals surface area contributed by atoms with E-state index in [-0.39, 0.29) is 5.78 Å². The maximum absolute atomic E-state index is 12.6. The van der Waals surface area contributed by atoms with Crippen molar-refractivity contribution in [3.8, 4) is 0 Å². The second-order valence-corrected chi connectivity index (χ2v) is 9.05. The molecule has 0 saturated carbocycles. The molecule has 1 aromatic carbocycles. The van der Waals surface area contributed by atoms with Crippen molar-refractivity contribution in [2.24, 2.45) is 0 Å². The van der Waals surface area contributed by atoms with Crippen molar-refractivity contribution in [3.05, 3.63) is 49.0 Å². The van der Waals surface area contributed by atoms with Crippen LogP contribution in [0.1, 0.15) is 29.3 Å². The maximum Gasteiger partial charge on any atom is 0.184 e. The predicted molar refractivity (Wildman–Crippen MR) is 95.6 cm³/mol. The van der Waals surface area contributed by atoms with E-state index in [9.17, 15) is 4.79 Å². The SMILES string of the molecule is CC1CCc2ccccc2N1CC(=O)c1cc(Br)sc1Br. The topological polar surface area (TPSA) is 20.3 Å². The van der Waals surface area contributed by atoms with Gasteiger partial charge < -0.3 is 4.90 Å². The Hall–Kier alpha value is -0.650. The highest BCUT2D eigenvalue weighted by Crippen LogP contribution is 2.34. The first kappa shape index (κ1) is 15.3. The number of aryl methyl sites for hydroxylation is 1. The number of fused-ring (bicyclic) bond motifs is 1. The van der Waals surface area contributed by atoms with Crippen LogP contribution in [0.15, 0.2) is 37.9 Å². The average molecular weight is 429 g/mol. The summed E-state index contributed by atoms with van der Waals surface area (Å²) in [6, 6.07) is 10.7. The van der Waals surface area contributed by atoms with E-state index in [4.69, 9.17) is 0 Å². The number of hydrogen-bond acceptors (Lipinski definition) is 3. The summed E-state index contributed by atoms with van der Waals surface area (Å²) in [6.07, 6.45) is 2.19. The Morgan fingerprint density at radius 2 is 2.14 bits per heavy atom. The molecule has 1 atom stereocenters. The summed E-state index contributed by atoms with van der Waals surface area (Å²) in [5.74, 6) is 0.160. The zero-order valence-corrected chi connectivity index (χ0v) is 15.6. The van der Waals surface area contributed by atoms with Gasteiger partial charge in [0.25, 0.3) is 0 Å². The van der Waals surface area contributed by atoms with Crippen LogP contribution in [0.25, 0.3) is 0 Å². The number of carbonyl (C=O) groups excluding carboxylic acids is 1. The van der Waals surface area contributed by atoms with E-state index < -0.39 is 0 Å². The van der Waals surface area contributed by atoms with Crippen LogP contribution < -0.4 is 4.90 Å². The monoisotopic (exact) mass is 427 g/mol. The molecule has 0 spiro atoms. The molecule has 2 aromatic rings. The van der Waals surface area contributed by atoms with Crippen LogP contribution in [0.4, 0.5) is 5.69 Å². The Bertz CT molecular complexity index is 683. The molecule has 1 unspecified atom stereocenters. The number of para-hydroxylation sites is 1. The number of Topliss-reactive ketones (excluding diaryl/α,β-unsaturated/α-hetero) is 1. The zero-order chi connectivity index (χ0) is 15.0. The van der Waals surface area contributed by atoms with Crippen LogP contribution in [-0.4, -0.2) is 18.4 Å². The number of halogens is 2. The number of nitrogens with zero attached hydrogens (tertiary/aromatic N) is 1. The molecule has 0 aliphatic carbocycles. The second-order valence-electron chi connectivity index (χ2n) is 5.31. The van der Waals surface area contributed by atoms with Crippen molar-refractivity contribution >= 4 is 54.7 Å². The standard InChI is InChI=1S/C16H15Br2NOS/c1-10-6-7-11-4-2-3-5-13(11)19(10)9-14(20)12-8-15(17)21-16(12)18/h2-5,8,10H,6-7,9H2,1H3. The Labute approximate surface area is 145 Å². The number of anilines is 1. The Morgan fingerprint density at radius 3 is 2.86 bits per heavy atom. The first-order chi connectivity index (χ1) is 10.1. The molecule has 5 heteroatoms. The lowest BCUT2D eigenvalue weighted by molar-refractivity contribution is 0.0996. The lowest BCUT2D eigenvalue weighted by Gasteiger charge is -2.36. The van der Waals surface area contributed by atoms with Crippen molar-refractivity contribution in [2.75, 3.05) is 11.4 Å². The smallest absolute Gasteiger partial charge is 0.184 e. The van der Waals surface area contributed by atoms with Gasteiger partial charge in [-0.05, 0) is 69.3 Å². The molecule has 2 nitrogen and oxygen atoms in total. The third-order valence-corrected chi connectivity index (χ3v) is 6.27. The molecule has 0 saturated heterocycles. The van der Waals surface area contributed by atoms with Gasteiger partial charge in [-0.15, -0.1) is 11.3 Å². The first-order valence-electron chi connectivity index (χ1n) is 6.89. The van der Waals surface area contributed by atoms with Gasteiger partial charge in [-0.25, -0.2) is 0 Å². The Kier molecular flexibility index (Phi) is 4.52. The van der Waals surface area contributed by atoms with Crippen molar-refractivity contribution in [2.45, 2.75) is 25.8 Å². The molecule has 2 heterocycles. The number of rotatable bonds is 3. The van der Waals surface area contributed by atoms with Gasteiger partial charge in [0.2, 0.25) is 0 Å². The van der Waals surface area contributed by atoms with Crippen LogP contribution >= 0.6 is 43.2 Å². The summed E-state index contributed by atoms with van der Waals surface area (Å²) in [6.45, 7) is 2.63. The fourth-order valence-corrected chi connectivity index (χ4v) is 5.63. The number of hydrogen-bond donors (Lipinski definition) is 0. The van der Waals surface area contributed by atoms with E-state index in [1.165, 1.54) is 22.6 Å². The number of benzene rings is 1. The van der Waals surface area contributed by atoms with Gasteiger partial charge in [0.05, 0.1) is 14.1 Å². The molecule has 0 amide bonds. The number of carbonyl (C=O) groups is 1. The zero-order valence-electron chi connectivity index (χ0n) is 11.6. The molecule has 0 fully saturated rings. The minimum Gasteiger partial charge on any atom is -0.361 e. The third-order valence-electron chi connectivity index (χ3n) is 3.94. The summed E-state index contributed by atoms with van der Waals surface area (Å²) < 4.78 is 1.88. The van der Waals surface area contributed by atoms with E-state index >= 15 is 0 Å². The Balaban J connectivity index is 1.87. The van der Waals surface area contributed by atoms with Crippen LogP contribution in [0, 0.1) is 0 Å². The highest BCUT2D eigenvalue weighted by Gasteiger charge is 2.26. The largest absolute Gasteiger partial charge is 0.361 e. The number of ketones is 1. The molecule has 21 heavy (non-hydrogen) atoms. The van der Waals surface area contributed by atoms with Gasteiger partial charge in [0.1, 0.15) is 0 Å². The van der Waals surface area contributed by atoms with Gasteiger partial charge in [0.15, 0.2) is 5.78 Å². The molecular formula is C16H15Br2NOS. The number of thiophene rings is 1. The molecule has 1 aliphatic rings. The van der Waals surface area contributed by atoms with Crippen LogP contribution in [-0.2, 0) is 6.42 Å². The summed E-state index contributed by atoms with van der Waals surface area (Å²) >= 11 is 8.46. The van der Waals surface area contributed by atoms with Gasteiger partial charge in [-0.1, -0.05) is 18.2 Å². The minimum absolute atomic E-state index is 0.160. The Morgan fingerprint density at radius 1 is 1.38 bits per heavy atom. The lowest BCUT2D eigenvalue weighted by Crippen LogP contribution is -2.40. The van der Waals surface area contributed by atoms with Gasteiger partial charge in [-0.2, -0.15) is 0 Å². The first-order valence-corrected chi connectivity index (χ1v) is 9.29. The van der Waals surface area contributed by atoms with E-state index in [0.29, 0.717) is 12.6 Å². The molecule has 1 aromatic heterocycles. The molecule has 0 radical (unpaired) electrons. The molecule has 0 N–H and O–H groups in total. The summed E-state index contributed by atoms with van der Waals surface area (Å²) in [7, 11) is 0. The lowest BCUT2D eigenvalue weighted by atomic mass is 9.96. The normalized spacial score (nSPS) is 17.7. The summed E-state index contributed by atoms with van der Waals surface area (Å²) in [4.78, 5) is 14.9. The van der Waals surface area contributed by atoms with Gasteiger partial charge in [-0.3, -0.25) is 4.79 Å². The second kappa shape index (κ2) is 6.23. The fourth-order valence-electron chi connectivity index (χ4n) is 2.77. The molecule has 3 rings (SSSR count). The highest BCUT2D eigenvalue weighted by molar-refractivity contribution is 9.12. The highest BCUT2D eigenvalue weighted by atomic mass is 79.9. The van der Waals surface area contributed by atoms with E-state index in [2.05, 4.69) is 61.9 Å².